The van der Waals surface area contributed by atoms with Gasteiger partial charge in [0.15, 0.2) is 5.96 Å². The Bertz CT molecular complexity index is 587. The van der Waals surface area contributed by atoms with Gasteiger partial charge in [0, 0.05) is 76.1 Å². The number of rotatable bonds is 5. The molecule has 0 spiro atoms. The van der Waals surface area contributed by atoms with Gasteiger partial charge in [-0.2, -0.15) is 16.9 Å². The maximum atomic E-state index is 4.53. The SMILES string of the molecule is CN=C(NCC1(N2CCSCC2)CCCCC1)N(C)Cc1cnn(C)c1. The summed E-state index contributed by atoms with van der Waals surface area (Å²) in [5.74, 6) is 3.53. The minimum Gasteiger partial charge on any atom is -0.354 e. The van der Waals surface area contributed by atoms with Gasteiger partial charge in [0.1, 0.15) is 0 Å². The average Bonchev–Trinajstić information content (AvgIpc) is 3.08. The van der Waals surface area contributed by atoms with Crippen molar-refractivity contribution in [2.75, 3.05) is 45.2 Å². The molecule has 0 aromatic carbocycles. The molecular formula is C19H34N6S. The Labute approximate surface area is 162 Å². The first-order valence-corrected chi connectivity index (χ1v) is 11.0. The molecule has 6 nitrogen and oxygen atoms in total. The number of guanidine groups is 1. The van der Waals surface area contributed by atoms with E-state index in [1.165, 1.54) is 62.3 Å². The first-order valence-electron chi connectivity index (χ1n) is 9.85. The molecule has 1 aliphatic heterocycles. The second-order valence-corrected chi connectivity index (χ2v) is 8.89. The van der Waals surface area contributed by atoms with Gasteiger partial charge in [-0.1, -0.05) is 19.3 Å². The van der Waals surface area contributed by atoms with Gasteiger partial charge in [-0.05, 0) is 12.8 Å². The Balaban J connectivity index is 1.62. The largest absolute Gasteiger partial charge is 0.354 e. The van der Waals surface area contributed by atoms with Crippen LogP contribution in [0.1, 0.15) is 37.7 Å². The van der Waals surface area contributed by atoms with Crippen molar-refractivity contribution >= 4 is 17.7 Å². The third-order valence-electron chi connectivity index (χ3n) is 5.79. The maximum Gasteiger partial charge on any atom is 0.193 e. The van der Waals surface area contributed by atoms with Crippen LogP contribution < -0.4 is 5.32 Å². The molecule has 3 rings (SSSR count). The fraction of sp³-hybridized carbons (Fsp3) is 0.789. The number of aromatic nitrogens is 2. The van der Waals surface area contributed by atoms with E-state index in [1.807, 2.05) is 25.0 Å². The molecule has 1 aliphatic carbocycles. The highest BCUT2D eigenvalue weighted by atomic mass is 32.2. The molecule has 0 atom stereocenters. The number of aliphatic imine (C=N–C) groups is 1. The summed E-state index contributed by atoms with van der Waals surface area (Å²) in [5.41, 5.74) is 1.52. The second-order valence-electron chi connectivity index (χ2n) is 7.66. The van der Waals surface area contributed by atoms with Gasteiger partial charge >= 0.3 is 0 Å². The van der Waals surface area contributed by atoms with Crippen LogP contribution in [0.15, 0.2) is 17.4 Å². The lowest BCUT2D eigenvalue weighted by Crippen LogP contribution is -2.59. The smallest absolute Gasteiger partial charge is 0.193 e. The van der Waals surface area contributed by atoms with Crippen LogP contribution >= 0.6 is 11.8 Å². The Kier molecular flexibility index (Phi) is 6.86. The molecule has 2 fully saturated rings. The quantitative estimate of drug-likeness (QED) is 0.629. The molecule has 0 bridgehead atoms. The van der Waals surface area contributed by atoms with Crippen LogP contribution in [0, 0.1) is 0 Å². The summed E-state index contributed by atoms with van der Waals surface area (Å²) in [6.45, 7) is 4.29. The maximum absolute atomic E-state index is 4.53. The summed E-state index contributed by atoms with van der Waals surface area (Å²) in [4.78, 5) is 9.50. The van der Waals surface area contributed by atoms with Crippen molar-refractivity contribution in [2.24, 2.45) is 12.0 Å². The molecule has 1 saturated carbocycles. The van der Waals surface area contributed by atoms with Crippen molar-refractivity contribution in [3.05, 3.63) is 18.0 Å². The average molecular weight is 379 g/mol. The van der Waals surface area contributed by atoms with Crippen molar-refractivity contribution < 1.29 is 0 Å². The molecule has 0 unspecified atom stereocenters. The lowest BCUT2D eigenvalue weighted by molar-refractivity contribution is 0.0621. The number of hydrogen-bond acceptors (Lipinski definition) is 4. The zero-order chi connectivity index (χ0) is 18.4. The molecule has 0 radical (unpaired) electrons. The molecule has 2 aliphatic rings. The Morgan fingerprint density at radius 2 is 2.04 bits per heavy atom. The van der Waals surface area contributed by atoms with Crippen LogP contribution in [-0.2, 0) is 13.6 Å². The van der Waals surface area contributed by atoms with E-state index in [9.17, 15) is 0 Å². The van der Waals surface area contributed by atoms with Crippen molar-refractivity contribution in [3.8, 4) is 0 Å². The Morgan fingerprint density at radius 3 is 2.65 bits per heavy atom. The molecule has 7 heteroatoms. The minimum atomic E-state index is 0.310. The highest BCUT2D eigenvalue weighted by Gasteiger charge is 2.38. The van der Waals surface area contributed by atoms with Gasteiger partial charge in [0.25, 0.3) is 0 Å². The van der Waals surface area contributed by atoms with Gasteiger partial charge in [0.2, 0.25) is 0 Å². The summed E-state index contributed by atoms with van der Waals surface area (Å²) in [6, 6.07) is 0. The topological polar surface area (TPSA) is 48.7 Å². The number of aryl methyl sites for hydroxylation is 1. The van der Waals surface area contributed by atoms with Gasteiger partial charge in [-0.25, -0.2) is 0 Å². The van der Waals surface area contributed by atoms with E-state index in [-0.39, 0.29) is 0 Å². The van der Waals surface area contributed by atoms with Crippen LogP contribution in [0.5, 0.6) is 0 Å². The van der Waals surface area contributed by atoms with Crippen LogP contribution in [-0.4, -0.2) is 76.3 Å². The monoisotopic (exact) mass is 378 g/mol. The van der Waals surface area contributed by atoms with Crippen LogP contribution in [0.2, 0.25) is 0 Å². The second kappa shape index (κ2) is 9.13. The van der Waals surface area contributed by atoms with Gasteiger partial charge in [-0.15, -0.1) is 0 Å². The number of nitrogens with zero attached hydrogens (tertiary/aromatic N) is 5. The van der Waals surface area contributed by atoms with Crippen LogP contribution in [0.4, 0.5) is 0 Å². The normalized spacial score (nSPS) is 21.6. The molecule has 2 heterocycles. The zero-order valence-electron chi connectivity index (χ0n) is 16.6. The van der Waals surface area contributed by atoms with E-state index in [0.717, 1.165) is 19.0 Å². The van der Waals surface area contributed by atoms with Gasteiger partial charge in [-0.3, -0.25) is 14.6 Å². The summed E-state index contributed by atoms with van der Waals surface area (Å²) < 4.78 is 1.85. The molecule has 1 aromatic heterocycles. The van der Waals surface area contributed by atoms with Crippen LogP contribution in [0.25, 0.3) is 0 Å². The summed E-state index contributed by atoms with van der Waals surface area (Å²) >= 11 is 2.10. The van der Waals surface area contributed by atoms with Gasteiger partial charge < -0.3 is 10.2 Å². The predicted molar refractivity (Wildman–Crippen MR) is 111 cm³/mol. The predicted octanol–water partition coefficient (Wildman–Crippen LogP) is 2.18. The Morgan fingerprint density at radius 1 is 1.31 bits per heavy atom. The molecule has 146 valence electrons. The lowest BCUT2D eigenvalue weighted by Gasteiger charge is -2.48. The third kappa shape index (κ3) is 4.74. The highest BCUT2D eigenvalue weighted by molar-refractivity contribution is 7.99. The number of hydrogen-bond donors (Lipinski definition) is 1. The fourth-order valence-electron chi connectivity index (χ4n) is 4.38. The molecule has 0 amide bonds. The van der Waals surface area contributed by atoms with E-state index >= 15 is 0 Å². The summed E-state index contributed by atoms with van der Waals surface area (Å²) in [6.07, 6.45) is 10.7. The molecular weight excluding hydrogens is 344 g/mol. The number of nitrogens with one attached hydrogen (secondary N) is 1. The molecule has 1 aromatic rings. The van der Waals surface area contributed by atoms with Crippen LogP contribution in [0.3, 0.4) is 0 Å². The van der Waals surface area contributed by atoms with Gasteiger partial charge in [0.05, 0.1) is 6.20 Å². The van der Waals surface area contributed by atoms with Crippen molar-refractivity contribution in [2.45, 2.75) is 44.2 Å². The van der Waals surface area contributed by atoms with E-state index in [1.54, 1.807) is 0 Å². The van der Waals surface area contributed by atoms with Crippen molar-refractivity contribution in [3.63, 3.8) is 0 Å². The molecule has 1 N–H and O–H groups in total. The van der Waals surface area contributed by atoms with Crippen molar-refractivity contribution in [1.82, 2.24) is 24.9 Å². The zero-order valence-corrected chi connectivity index (χ0v) is 17.4. The summed E-state index contributed by atoms with van der Waals surface area (Å²) in [7, 11) is 5.95. The van der Waals surface area contributed by atoms with E-state index in [4.69, 9.17) is 0 Å². The first-order chi connectivity index (χ1) is 12.6. The van der Waals surface area contributed by atoms with E-state index in [0.29, 0.717) is 5.54 Å². The lowest BCUT2D eigenvalue weighted by atomic mass is 9.80. The molecule has 1 saturated heterocycles. The number of thioether (sulfide) groups is 1. The van der Waals surface area contributed by atoms with E-state index in [2.05, 4.69) is 50.2 Å². The standard InChI is InChI=1S/C19H34N6S/c1-20-18(23(2)14-17-13-22-24(3)15-17)21-16-19(7-5-4-6-8-19)25-9-11-26-12-10-25/h13,15H,4-12,14,16H2,1-3H3,(H,20,21). The highest BCUT2D eigenvalue weighted by Crippen LogP contribution is 2.34. The first kappa shape index (κ1) is 19.5. The fourth-order valence-corrected chi connectivity index (χ4v) is 5.29. The molecule has 26 heavy (non-hydrogen) atoms. The van der Waals surface area contributed by atoms with Crippen molar-refractivity contribution in [1.29, 1.82) is 0 Å². The third-order valence-corrected chi connectivity index (χ3v) is 6.74. The summed E-state index contributed by atoms with van der Waals surface area (Å²) in [5, 5.41) is 7.97. The van der Waals surface area contributed by atoms with E-state index < -0.39 is 0 Å². The Hall–Kier alpha value is -1.21. The minimum absolute atomic E-state index is 0.310.